The van der Waals surface area contributed by atoms with Gasteiger partial charge in [-0.3, -0.25) is 4.79 Å². The van der Waals surface area contributed by atoms with Crippen LogP contribution >= 0.6 is 0 Å². The Morgan fingerprint density at radius 1 is 1.37 bits per heavy atom. The Hall–Kier alpha value is -1.71. The second kappa shape index (κ2) is 7.02. The molecule has 0 heterocycles. The summed E-state index contributed by atoms with van der Waals surface area (Å²) in [6, 6.07) is 5.63. The van der Waals surface area contributed by atoms with Crippen LogP contribution in [0.4, 0.5) is 11.4 Å². The summed E-state index contributed by atoms with van der Waals surface area (Å²) in [6.07, 6.45) is 3.26. The van der Waals surface area contributed by atoms with Crippen LogP contribution in [0, 0.1) is 0 Å². The van der Waals surface area contributed by atoms with Crippen molar-refractivity contribution in [1.82, 2.24) is 0 Å². The Labute approximate surface area is 115 Å². The number of nitrogens with two attached hydrogens (primary N) is 2. The minimum atomic E-state index is -0.416. The van der Waals surface area contributed by atoms with Crippen molar-refractivity contribution in [3.8, 4) is 0 Å². The van der Waals surface area contributed by atoms with Crippen molar-refractivity contribution in [2.24, 2.45) is 5.73 Å². The second-order valence-corrected chi connectivity index (χ2v) is 4.94. The third-order valence-corrected chi connectivity index (χ3v) is 3.50. The maximum absolute atomic E-state index is 11.3. The summed E-state index contributed by atoms with van der Waals surface area (Å²) in [5, 5.41) is 0. The first kappa shape index (κ1) is 15.3. The van der Waals surface area contributed by atoms with Gasteiger partial charge in [-0.25, -0.2) is 0 Å². The summed E-state index contributed by atoms with van der Waals surface area (Å²) in [5.74, 6) is -0.416. The SMILES string of the molecule is CCCCN(c1cc(C(N)=O)ccc1N)C(C)CC. The fourth-order valence-electron chi connectivity index (χ4n) is 2.07. The predicted molar refractivity (Wildman–Crippen MR) is 81.4 cm³/mol. The van der Waals surface area contributed by atoms with Crippen LogP contribution < -0.4 is 16.4 Å². The minimum Gasteiger partial charge on any atom is -0.397 e. The number of rotatable bonds is 7. The van der Waals surface area contributed by atoms with Crippen molar-refractivity contribution < 1.29 is 4.79 Å². The summed E-state index contributed by atoms with van der Waals surface area (Å²) in [4.78, 5) is 13.6. The average Bonchev–Trinajstić information content (AvgIpc) is 2.40. The van der Waals surface area contributed by atoms with Crippen LogP contribution in [-0.4, -0.2) is 18.5 Å². The van der Waals surface area contributed by atoms with E-state index in [1.165, 1.54) is 0 Å². The van der Waals surface area contributed by atoms with Gasteiger partial charge in [-0.15, -0.1) is 0 Å². The van der Waals surface area contributed by atoms with Crippen molar-refractivity contribution in [2.75, 3.05) is 17.2 Å². The van der Waals surface area contributed by atoms with Crippen LogP contribution in [0.15, 0.2) is 18.2 Å². The average molecular weight is 263 g/mol. The molecule has 4 heteroatoms. The van der Waals surface area contributed by atoms with E-state index in [0.29, 0.717) is 17.3 Å². The van der Waals surface area contributed by atoms with Gasteiger partial charge < -0.3 is 16.4 Å². The summed E-state index contributed by atoms with van der Waals surface area (Å²) in [5.41, 5.74) is 13.5. The summed E-state index contributed by atoms with van der Waals surface area (Å²) < 4.78 is 0. The zero-order chi connectivity index (χ0) is 14.4. The largest absolute Gasteiger partial charge is 0.397 e. The van der Waals surface area contributed by atoms with Crippen molar-refractivity contribution in [1.29, 1.82) is 0 Å². The molecule has 0 bridgehead atoms. The molecule has 0 saturated carbocycles. The van der Waals surface area contributed by atoms with E-state index in [1.54, 1.807) is 18.2 Å². The fraction of sp³-hybridized carbons (Fsp3) is 0.533. The van der Waals surface area contributed by atoms with Gasteiger partial charge >= 0.3 is 0 Å². The van der Waals surface area contributed by atoms with Crippen LogP contribution in [0.5, 0.6) is 0 Å². The first-order valence-electron chi connectivity index (χ1n) is 6.97. The monoisotopic (exact) mass is 263 g/mol. The number of unbranched alkanes of at least 4 members (excludes halogenated alkanes) is 1. The molecule has 1 aromatic carbocycles. The highest BCUT2D eigenvalue weighted by Crippen LogP contribution is 2.27. The number of primary amides is 1. The van der Waals surface area contributed by atoms with Crippen molar-refractivity contribution in [2.45, 2.75) is 46.1 Å². The molecule has 106 valence electrons. The number of hydrogen-bond acceptors (Lipinski definition) is 3. The summed E-state index contributed by atoms with van der Waals surface area (Å²) in [6.45, 7) is 7.43. The Bertz CT molecular complexity index is 431. The molecule has 0 radical (unpaired) electrons. The highest BCUT2D eigenvalue weighted by atomic mass is 16.1. The van der Waals surface area contributed by atoms with Gasteiger partial charge in [0, 0.05) is 18.2 Å². The van der Waals surface area contributed by atoms with E-state index in [1.807, 2.05) is 0 Å². The van der Waals surface area contributed by atoms with Crippen LogP contribution in [0.2, 0.25) is 0 Å². The van der Waals surface area contributed by atoms with Crippen molar-refractivity contribution in [3.63, 3.8) is 0 Å². The predicted octanol–water partition coefficient (Wildman–Crippen LogP) is 2.77. The zero-order valence-corrected chi connectivity index (χ0v) is 12.1. The summed E-state index contributed by atoms with van der Waals surface area (Å²) >= 11 is 0. The number of hydrogen-bond donors (Lipinski definition) is 2. The van der Waals surface area contributed by atoms with E-state index in [2.05, 4.69) is 25.7 Å². The van der Waals surface area contributed by atoms with Gasteiger partial charge in [-0.1, -0.05) is 20.3 Å². The number of nitrogens with zero attached hydrogens (tertiary/aromatic N) is 1. The molecule has 4 N–H and O–H groups in total. The van der Waals surface area contributed by atoms with Gasteiger partial charge in [-0.2, -0.15) is 0 Å². The Morgan fingerprint density at radius 3 is 2.58 bits per heavy atom. The van der Waals surface area contributed by atoms with Crippen LogP contribution in [0.3, 0.4) is 0 Å². The third kappa shape index (κ3) is 3.88. The quantitative estimate of drug-likeness (QED) is 0.743. The first-order valence-corrected chi connectivity index (χ1v) is 6.97. The van der Waals surface area contributed by atoms with E-state index >= 15 is 0 Å². The molecule has 4 nitrogen and oxygen atoms in total. The zero-order valence-electron chi connectivity index (χ0n) is 12.1. The number of anilines is 2. The molecule has 19 heavy (non-hydrogen) atoms. The molecule has 1 atom stereocenters. The van der Waals surface area contributed by atoms with Gasteiger partial charge in [0.1, 0.15) is 0 Å². The van der Waals surface area contributed by atoms with E-state index in [0.717, 1.165) is 31.5 Å². The van der Waals surface area contributed by atoms with Crippen LogP contribution in [0.1, 0.15) is 50.4 Å². The maximum Gasteiger partial charge on any atom is 0.248 e. The minimum absolute atomic E-state index is 0.386. The molecule has 0 aliphatic rings. The van der Waals surface area contributed by atoms with E-state index < -0.39 is 5.91 Å². The van der Waals surface area contributed by atoms with Gasteiger partial charge in [0.25, 0.3) is 0 Å². The lowest BCUT2D eigenvalue weighted by Crippen LogP contribution is -2.34. The molecule has 0 saturated heterocycles. The Morgan fingerprint density at radius 2 is 2.05 bits per heavy atom. The Balaban J connectivity index is 3.12. The van der Waals surface area contributed by atoms with Gasteiger partial charge in [-0.05, 0) is 38.0 Å². The number of carbonyl (C=O) groups is 1. The van der Waals surface area contributed by atoms with Crippen molar-refractivity contribution in [3.05, 3.63) is 23.8 Å². The number of nitrogen functional groups attached to an aromatic ring is 1. The van der Waals surface area contributed by atoms with E-state index in [-0.39, 0.29) is 0 Å². The molecule has 1 rings (SSSR count). The fourth-order valence-corrected chi connectivity index (χ4v) is 2.07. The molecule has 0 aromatic heterocycles. The lowest BCUT2D eigenvalue weighted by molar-refractivity contribution is 0.100. The smallest absolute Gasteiger partial charge is 0.248 e. The third-order valence-electron chi connectivity index (χ3n) is 3.50. The molecular formula is C15H25N3O. The number of carbonyl (C=O) groups excluding carboxylic acids is 1. The summed E-state index contributed by atoms with van der Waals surface area (Å²) in [7, 11) is 0. The maximum atomic E-state index is 11.3. The molecule has 0 fully saturated rings. The lowest BCUT2D eigenvalue weighted by atomic mass is 10.1. The molecule has 1 unspecified atom stereocenters. The first-order chi connectivity index (χ1) is 9.01. The number of benzene rings is 1. The van der Waals surface area contributed by atoms with Crippen molar-refractivity contribution >= 4 is 17.3 Å². The molecule has 1 aromatic rings. The highest BCUT2D eigenvalue weighted by molar-refractivity contribution is 5.95. The van der Waals surface area contributed by atoms with Gasteiger partial charge in [0.2, 0.25) is 5.91 Å². The van der Waals surface area contributed by atoms with Gasteiger partial charge in [0.05, 0.1) is 11.4 Å². The van der Waals surface area contributed by atoms with Crippen LogP contribution in [-0.2, 0) is 0 Å². The van der Waals surface area contributed by atoms with E-state index in [4.69, 9.17) is 11.5 Å². The topological polar surface area (TPSA) is 72.3 Å². The van der Waals surface area contributed by atoms with Crippen LogP contribution in [0.25, 0.3) is 0 Å². The van der Waals surface area contributed by atoms with Gasteiger partial charge in [0.15, 0.2) is 0 Å². The molecule has 0 spiro atoms. The highest BCUT2D eigenvalue weighted by Gasteiger charge is 2.16. The molecule has 0 aliphatic carbocycles. The normalized spacial score (nSPS) is 12.2. The number of amides is 1. The molecule has 1 amide bonds. The molecular weight excluding hydrogens is 238 g/mol. The standard InChI is InChI=1S/C15H25N3O/c1-4-6-9-18(11(3)5-2)14-10-12(15(17)19)7-8-13(14)16/h7-8,10-11H,4-6,9,16H2,1-3H3,(H2,17,19). The Kier molecular flexibility index (Phi) is 5.67. The lowest BCUT2D eigenvalue weighted by Gasteiger charge is -2.32. The molecule has 0 aliphatic heterocycles. The van der Waals surface area contributed by atoms with E-state index in [9.17, 15) is 4.79 Å². The second-order valence-electron chi connectivity index (χ2n) is 4.94.